The Morgan fingerprint density at radius 1 is 1.44 bits per heavy atom. The number of aliphatic hydroxyl groups is 1. The molecule has 0 radical (unpaired) electrons. The molecular formula is C8H6F4INO2. The number of aromatic nitrogens is 1. The van der Waals surface area contributed by atoms with Crippen LogP contribution in [0.1, 0.15) is 11.3 Å². The number of alkyl halides is 4. The van der Waals surface area contributed by atoms with Gasteiger partial charge in [0.05, 0.1) is 12.3 Å². The lowest BCUT2D eigenvalue weighted by atomic mass is 10.2. The third-order valence-corrected chi connectivity index (χ3v) is 2.91. The molecule has 0 aliphatic rings. The summed E-state index contributed by atoms with van der Waals surface area (Å²) in [7, 11) is 0. The molecule has 0 fully saturated rings. The van der Waals surface area contributed by atoms with Gasteiger partial charge in [-0.1, -0.05) is 0 Å². The Kier molecular flexibility index (Phi) is 4.30. The van der Waals surface area contributed by atoms with Gasteiger partial charge in [-0.15, -0.1) is 13.2 Å². The number of hydrogen-bond donors (Lipinski definition) is 1. The zero-order valence-corrected chi connectivity index (χ0v) is 9.84. The van der Waals surface area contributed by atoms with Crippen LogP contribution in [-0.2, 0) is 13.3 Å². The molecule has 0 aliphatic heterocycles. The minimum atomic E-state index is -4.89. The van der Waals surface area contributed by atoms with Crippen molar-refractivity contribution in [3.8, 4) is 5.88 Å². The molecule has 0 aromatic carbocycles. The van der Waals surface area contributed by atoms with Gasteiger partial charge in [0.2, 0.25) is 5.88 Å². The van der Waals surface area contributed by atoms with Gasteiger partial charge in [0.15, 0.2) is 0 Å². The molecule has 1 aromatic heterocycles. The number of hydrogen-bond acceptors (Lipinski definition) is 3. The fourth-order valence-corrected chi connectivity index (χ4v) is 1.58. The predicted octanol–water partition coefficient (Wildman–Crippen LogP) is 2.55. The summed E-state index contributed by atoms with van der Waals surface area (Å²) in [5, 5.41) is 8.83. The number of aliphatic hydroxyl groups excluding tert-OH is 1. The smallest absolute Gasteiger partial charge is 0.390 e. The molecule has 0 atom stereocenters. The van der Waals surface area contributed by atoms with Crippen LogP contribution >= 0.6 is 22.6 Å². The van der Waals surface area contributed by atoms with Crippen LogP contribution in [0.4, 0.5) is 17.6 Å². The summed E-state index contributed by atoms with van der Waals surface area (Å²) in [6.45, 7) is -1.54. The largest absolute Gasteiger partial charge is 0.574 e. The topological polar surface area (TPSA) is 42.4 Å². The van der Waals surface area contributed by atoms with Crippen molar-refractivity contribution in [2.45, 2.75) is 19.6 Å². The first-order valence-corrected chi connectivity index (χ1v) is 5.06. The van der Waals surface area contributed by atoms with Crippen LogP contribution < -0.4 is 4.74 Å². The predicted molar refractivity (Wildman–Crippen MR) is 54.4 cm³/mol. The highest BCUT2D eigenvalue weighted by Gasteiger charge is 2.32. The van der Waals surface area contributed by atoms with Crippen molar-refractivity contribution in [3.05, 3.63) is 20.9 Å². The van der Waals surface area contributed by atoms with Crippen molar-refractivity contribution in [2.24, 2.45) is 0 Å². The van der Waals surface area contributed by atoms with Gasteiger partial charge in [-0.3, -0.25) is 0 Å². The van der Waals surface area contributed by atoms with Crippen molar-refractivity contribution in [2.75, 3.05) is 0 Å². The highest BCUT2D eigenvalue weighted by Crippen LogP contribution is 2.26. The summed E-state index contributed by atoms with van der Waals surface area (Å²) in [5.74, 6) is -0.774. The molecule has 90 valence electrons. The van der Waals surface area contributed by atoms with Gasteiger partial charge >= 0.3 is 6.36 Å². The first kappa shape index (κ1) is 13.4. The molecule has 0 unspecified atom stereocenters. The molecule has 1 rings (SSSR count). The SMILES string of the molecule is OCc1nc(OC(F)(F)F)cc(CF)c1I. The van der Waals surface area contributed by atoms with Crippen LogP contribution in [0.25, 0.3) is 0 Å². The van der Waals surface area contributed by atoms with E-state index < -0.39 is 25.5 Å². The van der Waals surface area contributed by atoms with Gasteiger partial charge in [0.25, 0.3) is 0 Å². The Labute approximate surface area is 102 Å². The van der Waals surface area contributed by atoms with E-state index in [-0.39, 0.29) is 14.8 Å². The summed E-state index contributed by atoms with van der Waals surface area (Å²) in [6, 6.07) is 0.856. The lowest BCUT2D eigenvalue weighted by molar-refractivity contribution is -0.276. The maximum atomic E-state index is 12.5. The van der Waals surface area contributed by atoms with E-state index >= 15 is 0 Å². The molecule has 0 amide bonds. The third kappa shape index (κ3) is 3.44. The minimum absolute atomic E-state index is 0.00102. The van der Waals surface area contributed by atoms with Gasteiger partial charge in [-0.05, 0) is 22.6 Å². The average molecular weight is 351 g/mol. The Bertz CT molecular complexity index is 358. The molecule has 8 heteroatoms. The van der Waals surface area contributed by atoms with Gasteiger partial charge < -0.3 is 9.84 Å². The first-order chi connectivity index (χ1) is 7.37. The summed E-state index contributed by atoms with van der Waals surface area (Å²) in [4.78, 5) is 3.42. The summed E-state index contributed by atoms with van der Waals surface area (Å²) in [6.07, 6.45) is -4.89. The third-order valence-electron chi connectivity index (χ3n) is 1.59. The number of ether oxygens (including phenoxy) is 1. The van der Waals surface area contributed by atoms with Crippen LogP contribution in [0, 0.1) is 3.57 Å². The molecule has 16 heavy (non-hydrogen) atoms. The van der Waals surface area contributed by atoms with Crippen molar-refractivity contribution in [1.29, 1.82) is 0 Å². The van der Waals surface area contributed by atoms with Gasteiger partial charge in [0, 0.05) is 15.2 Å². The normalized spacial score (nSPS) is 11.6. The molecule has 0 saturated carbocycles. The highest BCUT2D eigenvalue weighted by atomic mass is 127. The van der Waals surface area contributed by atoms with E-state index in [1.54, 1.807) is 22.6 Å². The number of pyridine rings is 1. The molecule has 0 bridgehead atoms. The van der Waals surface area contributed by atoms with E-state index in [0.717, 1.165) is 6.07 Å². The standard InChI is InChI=1S/C8H6F4INO2/c9-2-4-1-6(16-8(10,11)12)14-5(3-15)7(4)13/h1,15H,2-3H2. The van der Waals surface area contributed by atoms with Crippen LogP contribution in [0.3, 0.4) is 0 Å². The van der Waals surface area contributed by atoms with Gasteiger partial charge in [0.1, 0.15) is 6.67 Å². The van der Waals surface area contributed by atoms with E-state index in [2.05, 4.69) is 9.72 Å². The quantitative estimate of drug-likeness (QED) is 0.673. The van der Waals surface area contributed by atoms with Crippen LogP contribution in [0.5, 0.6) is 5.88 Å². The Hall–Kier alpha value is -0.640. The monoisotopic (exact) mass is 351 g/mol. The second kappa shape index (κ2) is 5.13. The average Bonchev–Trinajstić information content (AvgIpc) is 2.18. The van der Waals surface area contributed by atoms with Gasteiger partial charge in [-0.25, -0.2) is 9.37 Å². The van der Waals surface area contributed by atoms with Crippen LogP contribution in [0.2, 0.25) is 0 Å². The maximum absolute atomic E-state index is 12.5. The summed E-state index contributed by atoms with van der Waals surface area (Å²) < 4.78 is 52.0. The van der Waals surface area contributed by atoms with Crippen molar-refractivity contribution in [1.82, 2.24) is 4.98 Å². The fourth-order valence-electron chi connectivity index (χ4n) is 0.985. The maximum Gasteiger partial charge on any atom is 0.574 e. The molecule has 0 saturated heterocycles. The molecular weight excluding hydrogens is 345 g/mol. The number of nitrogens with zero attached hydrogens (tertiary/aromatic N) is 1. The van der Waals surface area contributed by atoms with Crippen molar-refractivity contribution < 1.29 is 27.4 Å². The molecule has 0 spiro atoms. The van der Waals surface area contributed by atoms with E-state index in [9.17, 15) is 17.6 Å². The molecule has 3 nitrogen and oxygen atoms in total. The zero-order valence-electron chi connectivity index (χ0n) is 7.68. The number of halogens is 5. The molecule has 0 aliphatic carbocycles. The zero-order chi connectivity index (χ0) is 12.3. The Balaban J connectivity index is 3.12. The highest BCUT2D eigenvalue weighted by molar-refractivity contribution is 14.1. The molecule has 1 aromatic rings. The summed E-state index contributed by atoms with van der Waals surface area (Å²) >= 11 is 1.70. The van der Waals surface area contributed by atoms with Crippen LogP contribution in [-0.4, -0.2) is 16.5 Å². The van der Waals surface area contributed by atoms with E-state index in [1.807, 2.05) is 0 Å². The van der Waals surface area contributed by atoms with E-state index in [1.165, 1.54) is 0 Å². The number of rotatable bonds is 3. The lowest BCUT2D eigenvalue weighted by Crippen LogP contribution is -2.18. The van der Waals surface area contributed by atoms with Gasteiger partial charge in [-0.2, -0.15) is 0 Å². The second-order valence-electron chi connectivity index (χ2n) is 2.72. The van der Waals surface area contributed by atoms with Crippen molar-refractivity contribution in [3.63, 3.8) is 0 Å². The molecule has 1 heterocycles. The van der Waals surface area contributed by atoms with Crippen LogP contribution in [0.15, 0.2) is 6.07 Å². The Morgan fingerprint density at radius 3 is 2.50 bits per heavy atom. The Morgan fingerprint density at radius 2 is 2.06 bits per heavy atom. The van der Waals surface area contributed by atoms with Crippen molar-refractivity contribution >= 4 is 22.6 Å². The second-order valence-corrected chi connectivity index (χ2v) is 3.80. The summed E-state index contributed by atoms with van der Waals surface area (Å²) in [5.41, 5.74) is -0.0473. The van der Waals surface area contributed by atoms with E-state index in [4.69, 9.17) is 5.11 Å². The minimum Gasteiger partial charge on any atom is -0.390 e. The van der Waals surface area contributed by atoms with E-state index in [0.29, 0.717) is 0 Å². The fraction of sp³-hybridized carbons (Fsp3) is 0.375. The first-order valence-electron chi connectivity index (χ1n) is 3.98. The molecule has 1 N–H and O–H groups in total. The lowest BCUT2D eigenvalue weighted by Gasteiger charge is -2.11.